The molecule has 46 heavy (non-hydrogen) atoms. The molecule has 2 N–H and O–H groups in total. The van der Waals surface area contributed by atoms with Gasteiger partial charge in [0.2, 0.25) is 11.8 Å². The minimum Gasteiger partial charge on any atom is -0.487 e. The molecule has 0 radical (unpaired) electrons. The second-order valence-electron chi connectivity index (χ2n) is 13.2. The van der Waals surface area contributed by atoms with Gasteiger partial charge in [-0.3, -0.25) is 0 Å². The van der Waals surface area contributed by atoms with Crippen molar-refractivity contribution >= 4 is 18.1 Å². The fourth-order valence-electron chi connectivity index (χ4n) is 5.64. The third-order valence-corrected chi connectivity index (χ3v) is 8.42. The van der Waals surface area contributed by atoms with Crippen LogP contribution in [0.15, 0.2) is 41.2 Å². The monoisotopic (exact) mass is 643 g/mol. The average Bonchev–Trinajstić information content (AvgIpc) is 3.68. The fraction of sp³-hybridized carbons (Fsp3) is 0.594. The van der Waals surface area contributed by atoms with Crippen molar-refractivity contribution in [2.45, 2.75) is 89.6 Å². The highest BCUT2D eigenvalue weighted by Gasteiger charge is 2.41. The highest BCUT2D eigenvalue weighted by molar-refractivity contribution is 5.68. The lowest BCUT2D eigenvalue weighted by atomic mass is 9.80. The molecule has 3 aromatic rings. The van der Waals surface area contributed by atoms with E-state index in [4.69, 9.17) is 14.0 Å². The topological polar surface area (TPSA) is 139 Å². The van der Waals surface area contributed by atoms with Crippen molar-refractivity contribution in [1.29, 1.82) is 0 Å². The van der Waals surface area contributed by atoms with Crippen molar-refractivity contribution in [1.82, 2.24) is 25.4 Å². The van der Waals surface area contributed by atoms with E-state index in [9.17, 15) is 18.7 Å². The lowest BCUT2D eigenvalue weighted by Crippen LogP contribution is -2.40. The number of aliphatic hydroxyl groups is 1. The smallest absolute Gasteiger partial charge is 0.407 e. The van der Waals surface area contributed by atoms with Crippen LogP contribution >= 0.6 is 0 Å². The van der Waals surface area contributed by atoms with Crippen LogP contribution in [0.5, 0.6) is 5.75 Å². The van der Waals surface area contributed by atoms with Gasteiger partial charge in [-0.2, -0.15) is 4.98 Å². The van der Waals surface area contributed by atoms with Gasteiger partial charge in [0.05, 0.1) is 24.5 Å². The molecule has 3 fully saturated rings. The number of nitrogens with zero attached hydrogens (tertiary/aromatic N) is 6. The van der Waals surface area contributed by atoms with Crippen LogP contribution in [-0.4, -0.2) is 75.2 Å². The highest BCUT2D eigenvalue weighted by Crippen LogP contribution is 2.40. The fourth-order valence-corrected chi connectivity index (χ4v) is 5.64. The first-order valence-electron chi connectivity index (χ1n) is 15.8. The number of rotatable bonds is 7. The van der Waals surface area contributed by atoms with E-state index in [0.717, 1.165) is 69.6 Å². The quantitative estimate of drug-likeness (QED) is 0.360. The van der Waals surface area contributed by atoms with E-state index in [1.54, 1.807) is 12.4 Å². The molecule has 6 rings (SSSR count). The molecule has 0 bridgehead atoms. The molecule has 2 saturated heterocycles. The number of benzene rings is 1. The third kappa shape index (κ3) is 8.80. The van der Waals surface area contributed by atoms with Crippen molar-refractivity contribution in [2.75, 3.05) is 36.0 Å². The molecule has 2 unspecified atom stereocenters. The Hall–Kier alpha value is -4.07. The summed E-state index contributed by atoms with van der Waals surface area (Å²) < 4.78 is 40.8. The summed E-state index contributed by atoms with van der Waals surface area (Å²) in [5, 5.41) is 17.4. The first-order valence-corrected chi connectivity index (χ1v) is 15.8. The van der Waals surface area contributed by atoms with Gasteiger partial charge in [-0.25, -0.2) is 23.5 Å². The molecule has 0 spiro atoms. The average molecular weight is 644 g/mol. The summed E-state index contributed by atoms with van der Waals surface area (Å²) in [5.74, 6) is 1.23. The Morgan fingerprint density at radius 3 is 2.22 bits per heavy atom. The van der Waals surface area contributed by atoms with E-state index in [0.29, 0.717) is 48.8 Å². The molecular formula is C32H43F2N7O5. The number of anilines is 2. The van der Waals surface area contributed by atoms with Crippen molar-refractivity contribution in [3.63, 3.8) is 0 Å². The van der Waals surface area contributed by atoms with E-state index >= 15 is 0 Å². The standard InChI is InChI=1S/C26H39N7O5.C6H4F2/c1-17(18-6-11-32(12-7-18)23-30-21(31-38-23)26(35)9-5-10-26)36-20-14-27-22(28-15-20)33-13-8-19(16-33)29-24(34)37-25(2,3)4;7-5-1-2-6(8)4-3-5/h14-15,17-19,35H,5-13,16H2,1-4H3,(H,29,34);1-4H. The molecule has 14 heteroatoms. The first-order chi connectivity index (χ1) is 21.9. The second-order valence-corrected chi connectivity index (χ2v) is 13.2. The zero-order valence-electron chi connectivity index (χ0n) is 26.8. The molecule has 1 aromatic carbocycles. The van der Waals surface area contributed by atoms with Crippen molar-refractivity contribution in [3.8, 4) is 5.75 Å². The molecule has 12 nitrogen and oxygen atoms in total. The van der Waals surface area contributed by atoms with Crippen LogP contribution in [0.25, 0.3) is 0 Å². The van der Waals surface area contributed by atoms with Crippen LogP contribution in [0.2, 0.25) is 0 Å². The molecule has 2 aromatic heterocycles. The molecule has 4 heterocycles. The Balaban J connectivity index is 0.000000455. The van der Waals surface area contributed by atoms with Gasteiger partial charge in [-0.1, -0.05) is 5.16 Å². The summed E-state index contributed by atoms with van der Waals surface area (Å²) in [4.78, 5) is 29.7. The Labute approximate surface area is 267 Å². The highest BCUT2D eigenvalue weighted by atomic mass is 19.1. The maximum atomic E-state index is 12.1. The van der Waals surface area contributed by atoms with Crippen LogP contribution in [0, 0.1) is 17.6 Å². The Morgan fingerprint density at radius 2 is 1.65 bits per heavy atom. The van der Waals surface area contributed by atoms with Gasteiger partial charge in [0.1, 0.15) is 22.8 Å². The number of amides is 1. The van der Waals surface area contributed by atoms with Gasteiger partial charge in [-0.05, 0) is 96.4 Å². The van der Waals surface area contributed by atoms with E-state index in [-0.39, 0.29) is 12.1 Å². The summed E-state index contributed by atoms with van der Waals surface area (Å²) in [7, 11) is 0. The van der Waals surface area contributed by atoms with Crippen molar-refractivity contribution in [3.05, 3.63) is 54.1 Å². The first kappa shape index (κ1) is 33.3. The predicted octanol–water partition coefficient (Wildman–Crippen LogP) is 4.98. The number of hydrogen-bond donors (Lipinski definition) is 2. The number of hydrogen-bond acceptors (Lipinski definition) is 11. The normalized spacial score (nSPS) is 20.3. The lowest BCUT2D eigenvalue weighted by Gasteiger charge is -2.34. The zero-order valence-corrected chi connectivity index (χ0v) is 26.8. The van der Waals surface area contributed by atoms with Crippen LogP contribution < -0.4 is 19.9 Å². The van der Waals surface area contributed by atoms with Crippen LogP contribution in [0.1, 0.15) is 72.0 Å². The Bertz CT molecular complexity index is 1400. The third-order valence-electron chi connectivity index (χ3n) is 8.42. The second kappa shape index (κ2) is 14.1. The summed E-state index contributed by atoms with van der Waals surface area (Å²) in [6.45, 7) is 10.6. The summed E-state index contributed by atoms with van der Waals surface area (Å²) in [5.41, 5.74) is -1.43. The minimum atomic E-state index is -0.909. The molecular weight excluding hydrogens is 600 g/mol. The van der Waals surface area contributed by atoms with Gasteiger partial charge in [0.15, 0.2) is 5.75 Å². The number of carbonyl (C=O) groups excluding carboxylic acids is 1. The number of halogens is 2. The van der Waals surface area contributed by atoms with Crippen LogP contribution in [-0.2, 0) is 10.3 Å². The van der Waals surface area contributed by atoms with Crippen LogP contribution in [0.3, 0.4) is 0 Å². The largest absolute Gasteiger partial charge is 0.487 e. The van der Waals surface area contributed by atoms with Gasteiger partial charge in [-0.15, -0.1) is 0 Å². The van der Waals surface area contributed by atoms with E-state index < -0.39 is 28.9 Å². The molecule has 250 valence electrons. The number of carbonyl (C=O) groups is 1. The molecule has 3 aliphatic rings. The van der Waals surface area contributed by atoms with E-state index in [1.165, 1.54) is 0 Å². The van der Waals surface area contributed by atoms with Gasteiger partial charge in [0.25, 0.3) is 0 Å². The molecule has 1 saturated carbocycles. The van der Waals surface area contributed by atoms with Crippen molar-refractivity contribution < 1.29 is 32.7 Å². The minimum absolute atomic E-state index is 0.00280. The number of piperidine rings is 1. The van der Waals surface area contributed by atoms with Gasteiger partial charge >= 0.3 is 12.1 Å². The van der Waals surface area contributed by atoms with Crippen molar-refractivity contribution in [2.24, 2.45) is 5.92 Å². The maximum Gasteiger partial charge on any atom is 0.407 e. The molecule has 1 aliphatic carbocycles. The Morgan fingerprint density at radius 1 is 1.04 bits per heavy atom. The summed E-state index contributed by atoms with van der Waals surface area (Å²) in [6, 6.07) is 4.80. The zero-order chi connectivity index (χ0) is 32.9. The predicted molar refractivity (Wildman–Crippen MR) is 165 cm³/mol. The summed E-state index contributed by atoms with van der Waals surface area (Å²) >= 11 is 0. The number of nitrogens with one attached hydrogen (secondary N) is 1. The lowest BCUT2D eigenvalue weighted by molar-refractivity contribution is -0.0482. The number of aromatic nitrogens is 4. The maximum absolute atomic E-state index is 12.1. The number of ether oxygens (including phenoxy) is 2. The van der Waals surface area contributed by atoms with E-state index in [1.807, 2.05) is 20.8 Å². The summed E-state index contributed by atoms with van der Waals surface area (Å²) in [6.07, 6.45) is 8.09. The molecule has 2 aliphatic heterocycles. The van der Waals surface area contributed by atoms with Gasteiger partial charge < -0.3 is 34.2 Å². The molecule has 2 atom stereocenters. The van der Waals surface area contributed by atoms with Gasteiger partial charge in [0, 0.05) is 26.2 Å². The van der Waals surface area contributed by atoms with E-state index in [2.05, 4.69) is 42.1 Å². The molecule has 1 amide bonds. The Kier molecular flexibility index (Phi) is 10.2. The SMILES string of the molecule is CC(Oc1cnc(N2CCC(NC(=O)OC(C)(C)C)C2)nc1)C1CCN(c2nc(C3(O)CCC3)no2)CC1.Fc1ccc(F)cc1. The number of alkyl carbamates (subject to hydrolysis) is 1. The van der Waals surface area contributed by atoms with Crippen LogP contribution in [0.4, 0.5) is 25.5 Å².